The summed E-state index contributed by atoms with van der Waals surface area (Å²) in [6, 6.07) is 0.374. The fourth-order valence-electron chi connectivity index (χ4n) is 17.6. The number of nitrogens with zero attached hydrogens (tertiary/aromatic N) is 10. The molecule has 0 aliphatic carbocycles. The van der Waals surface area contributed by atoms with Crippen molar-refractivity contribution in [2.24, 2.45) is 79.7 Å². The van der Waals surface area contributed by atoms with Gasteiger partial charge in [0.15, 0.2) is 17.7 Å². The Morgan fingerprint density at radius 3 is 2.00 bits per heavy atom. The van der Waals surface area contributed by atoms with Crippen molar-refractivity contribution in [2.45, 2.75) is 233 Å². The summed E-state index contributed by atoms with van der Waals surface area (Å²) in [6.45, 7) is 24.2. The number of hydrogen-bond donors (Lipinski definition) is 11. The van der Waals surface area contributed by atoms with Gasteiger partial charge < -0.3 is 103 Å². The molecule has 6 aliphatic rings. The van der Waals surface area contributed by atoms with Crippen molar-refractivity contribution in [3.05, 3.63) is 105 Å². The number of primary amides is 6. The summed E-state index contributed by atoms with van der Waals surface area (Å²) < 4.78 is 34.3. The SMILES string of the molecule is C/C1=C2/[N-][C@@](C)([C@@H]3[N-][C@@H](/C(C)=C4\[N-]C(/C=C5\[N-]C1[C@@](C)(CC(N)=O)[C@@H]5CCC(N)=O)C(C)(C)[C@@H]4CCC(N)=O)[C@](C)(CCC(=O)NC[C@@H](C)OP(=O)(O)O[C@H]1[C@@H](O)[C@@H](n4cnc5cc(C)c(C)cc54)O[C@@H]1CO)[C@H]3CC(N)=O)[C@@](C)(CC(N)=O)[C@@H]2CCC(N)=O.[CH2-]CCCCn1cnc2c(N)ncnc21.[Co]. The Morgan fingerprint density at radius 1 is 0.764 bits per heavy atom. The van der Waals surface area contributed by atoms with E-state index in [0.717, 1.165) is 42.6 Å². The van der Waals surface area contributed by atoms with Crippen molar-refractivity contribution in [1.82, 2.24) is 34.4 Å². The van der Waals surface area contributed by atoms with Crippen LogP contribution in [0, 0.1) is 66.1 Å². The Hall–Kier alpha value is -7.59. The molecule has 6 aliphatic heterocycles. The third-order valence-electron chi connectivity index (χ3n) is 23.5. The van der Waals surface area contributed by atoms with E-state index < -0.39 is 161 Å². The van der Waals surface area contributed by atoms with Crippen LogP contribution in [0.5, 0.6) is 0 Å². The summed E-state index contributed by atoms with van der Waals surface area (Å²) in [7, 11) is -5.06. The number of fused-ring (bicyclic) bond motifs is 11. The molecule has 18 atom stereocenters. The van der Waals surface area contributed by atoms with Crippen molar-refractivity contribution < 1.29 is 83.8 Å². The van der Waals surface area contributed by atoms with Crippen LogP contribution in [0.15, 0.2) is 65.4 Å². The third-order valence-corrected chi connectivity index (χ3v) is 24.6. The smallest absolute Gasteiger partial charge is 0.472 e. The van der Waals surface area contributed by atoms with E-state index in [-0.39, 0.29) is 94.0 Å². The van der Waals surface area contributed by atoms with Crippen molar-refractivity contribution in [3.8, 4) is 0 Å². The van der Waals surface area contributed by atoms with E-state index in [4.69, 9.17) is 75.2 Å². The predicted octanol–water partition coefficient (Wildman–Crippen LogP) is 6.26. The summed E-state index contributed by atoms with van der Waals surface area (Å²) in [6.07, 6.45) is 2.41. The van der Waals surface area contributed by atoms with Gasteiger partial charge >= 0.3 is 7.82 Å². The van der Waals surface area contributed by atoms with Crippen LogP contribution < -0.4 is 45.5 Å². The molecule has 32 nitrogen and oxygen atoms in total. The number of hydrogen-bond acceptors (Lipinski definition) is 18. The van der Waals surface area contributed by atoms with Crippen LogP contribution in [-0.2, 0) is 75.2 Å². The number of nitrogens with two attached hydrogens (primary N) is 7. The number of phosphoric acid groups is 1. The molecular formula is C72H106CoN18O14P-5. The summed E-state index contributed by atoms with van der Waals surface area (Å²) in [5, 5.41) is 47.0. The number of rotatable bonds is 30. The number of benzene rings is 1. The Balaban J connectivity index is 0.000000783. The average Bonchev–Trinajstić information content (AvgIpc) is 1.53. The number of allylic oxidation sites excluding steroid dienone is 3. The number of aliphatic hydroxyl groups excluding tert-OH is 2. The standard InChI is InChI=1S/C62H92N13O14P.C10H14N5.Co/c1-29-20-39-40(21-30(29)2)75(28-70-39)57-52(84)53(41(27-76)87-57)89-90(85,86)88-31(3)26-69-49(83)18-19-59(8)37(22-46(66)80)56-62(11)61(10,25-48(68)82)36(14-17-45(65)79)51(74-62)33(5)55-60(9,24-47(67)81)34(12-15-43(63)77)38(71-55)23-42-58(6,7)35(13-16-44(64)78)50(72-42)32(4)54(59)73-56;1-2-3-4-5-15-7-14-8-9(11)12-6-13-10(8)15;/h20-21,23,28,31,34-37,41-42,52-57,76,84H,12-19,22,24-27H2,1-11H3,(H2,63,77)(H2,64,78)(H2,65,79)(H2,66,80)(H2,67,81)(H2,68,82)(H,69,83)(H,85,86);6-7H,1-5H2,(H2,11,12,13);/q-4;-1;/b38-23-,50-32-,51-33-;;/t31-,34-,35-,36-,37+,41-,42?,52-,53-,54+,55?,56-,57+,59-,60+,61+,62+;;/m1../s1. The van der Waals surface area contributed by atoms with Gasteiger partial charge in [0.25, 0.3) is 0 Å². The summed E-state index contributed by atoms with van der Waals surface area (Å²) in [5.74, 6) is -6.55. The zero-order valence-corrected chi connectivity index (χ0v) is 64.3. The second-order valence-electron chi connectivity index (χ2n) is 31.1. The van der Waals surface area contributed by atoms with E-state index in [1.165, 1.54) is 19.6 Å². The van der Waals surface area contributed by atoms with Gasteiger partial charge in [0.1, 0.15) is 30.2 Å². The maximum atomic E-state index is 14.4. The number of aliphatic hydroxyl groups is 2. The van der Waals surface area contributed by atoms with Crippen LogP contribution in [-0.4, -0.2) is 153 Å². The molecule has 106 heavy (non-hydrogen) atoms. The number of phosphoric ester groups is 1. The van der Waals surface area contributed by atoms with Gasteiger partial charge in [0.05, 0.1) is 36.4 Å². The summed E-state index contributed by atoms with van der Waals surface area (Å²) in [4.78, 5) is 121. The largest absolute Gasteiger partial charge is 0.683 e. The van der Waals surface area contributed by atoms with Crippen LogP contribution in [0.4, 0.5) is 5.82 Å². The minimum atomic E-state index is -5.06. The van der Waals surface area contributed by atoms with Crippen LogP contribution >= 0.6 is 7.82 Å². The molecule has 4 aromatic rings. The quantitative estimate of drug-likeness (QED) is 0.0156. The zero-order valence-electron chi connectivity index (χ0n) is 62.3. The van der Waals surface area contributed by atoms with E-state index in [0.29, 0.717) is 50.6 Å². The number of unbranched alkanes of at least 4 members (excludes halogenated alkanes) is 2. The molecule has 8 bridgehead atoms. The van der Waals surface area contributed by atoms with Gasteiger partial charge in [-0.15, -0.1) is 34.8 Å². The second-order valence-corrected chi connectivity index (χ2v) is 32.4. The minimum Gasteiger partial charge on any atom is -0.683 e. The van der Waals surface area contributed by atoms with Gasteiger partial charge in [-0.3, -0.25) is 42.6 Å². The van der Waals surface area contributed by atoms with Gasteiger partial charge in [0.2, 0.25) is 41.4 Å². The first kappa shape index (κ1) is 84.0. The number of carbonyl (C=O) groups excluding carboxylic acids is 7. The molecule has 7 amide bonds. The number of aromatic nitrogens is 6. The molecule has 587 valence electrons. The molecule has 3 unspecified atom stereocenters. The van der Waals surface area contributed by atoms with E-state index in [1.807, 2.05) is 92.0 Å². The second kappa shape index (κ2) is 33.1. The molecule has 1 radical (unpaired) electrons. The molecule has 9 heterocycles. The summed E-state index contributed by atoms with van der Waals surface area (Å²) in [5.41, 5.74) is 43.5. The topological polar surface area (TPSA) is 537 Å². The Morgan fingerprint density at radius 2 is 1.39 bits per heavy atom. The average molecular weight is 1540 g/mol. The van der Waals surface area contributed by atoms with Crippen LogP contribution in [0.2, 0.25) is 0 Å². The fraction of sp³-hybridized carbons (Fsp3) is 0.639. The first-order valence-corrected chi connectivity index (χ1v) is 37.4. The monoisotopic (exact) mass is 1540 g/mol. The number of aryl methyl sites for hydroxylation is 3. The molecule has 0 spiro atoms. The molecule has 0 saturated carbocycles. The summed E-state index contributed by atoms with van der Waals surface area (Å²) >= 11 is 0. The Bertz CT molecular complexity index is 4130. The van der Waals surface area contributed by atoms with E-state index in [1.54, 1.807) is 10.9 Å². The van der Waals surface area contributed by atoms with E-state index in [2.05, 4.69) is 32.2 Å². The Kier molecular flexibility index (Phi) is 26.2. The van der Waals surface area contributed by atoms with Gasteiger partial charge in [-0.25, -0.2) is 24.5 Å². The number of amides is 7. The predicted molar refractivity (Wildman–Crippen MR) is 392 cm³/mol. The number of imidazole rings is 2. The molecule has 3 aromatic heterocycles. The number of nitrogen functional groups attached to an aromatic ring is 1. The maximum absolute atomic E-state index is 14.4. The van der Waals surface area contributed by atoms with Crippen molar-refractivity contribution in [3.63, 3.8) is 0 Å². The number of ether oxygens (including phenoxy) is 1. The number of nitrogens with one attached hydrogen (secondary N) is 1. The molecule has 1 aromatic carbocycles. The maximum Gasteiger partial charge on any atom is 0.472 e. The zero-order chi connectivity index (χ0) is 77.4. The number of anilines is 1. The van der Waals surface area contributed by atoms with Gasteiger partial charge in [-0.1, -0.05) is 60.0 Å². The molecule has 10 rings (SSSR count). The van der Waals surface area contributed by atoms with Crippen LogP contribution in [0.1, 0.15) is 170 Å². The number of carbonyl (C=O) groups is 7. The first-order valence-electron chi connectivity index (χ1n) is 35.9. The van der Waals surface area contributed by atoms with E-state index in [9.17, 15) is 53.2 Å². The van der Waals surface area contributed by atoms with E-state index >= 15 is 0 Å². The third kappa shape index (κ3) is 17.0. The molecule has 18 N–H and O–H groups in total. The van der Waals surface area contributed by atoms with Gasteiger partial charge in [-0.2, -0.15) is 23.5 Å². The normalized spacial score (nSPS) is 32.7. The fourth-order valence-corrected chi connectivity index (χ4v) is 18.7. The van der Waals surface area contributed by atoms with Crippen molar-refractivity contribution >= 4 is 77.2 Å². The molecule has 5 fully saturated rings. The van der Waals surface area contributed by atoms with Crippen LogP contribution in [0.3, 0.4) is 0 Å². The van der Waals surface area contributed by atoms with Crippen molar-refractivity contribution in [2.75, 3.05) is 18.9 Å². The molecule has 5 saturated heterocycles. The molecule has 34 heteroatoms. The van der Waals surface area contributed by atoms with Gasteiger partial charge in [-0.05, 0) is 135 Å². The van der Waals surface area contributed by atoms with Crippen molar-refractivity contribution in [1.29, 1.82) is 0 Å². The first-order chi connectivity index (χ1) is 49.2. The minimum absolute atomic E-state index is 0. The van der Waals surface area contributed by atoms with Crippen LogP contribution in [0.25, 0.3) is 43.5 Å². The van der Waals surface area contributed by atoms with Gasteiger partial charge in [0, 0.05) is 74.8 Å². The molecular weight excluding hydrogens is 1430 g/mol. The Labute approximate surface area is 628 Å².